The third-order valence-electron chi connectivity index (χ3n) is 4.38. The van der Waals surface area contributed by atoms with Gasteiger partial charge in [-0.3, -0.25) is 14.4 Å². The summed E-state index contributed by atoms with van der Waals surface area (Å²) >= 11 is 0. The van der Waals surface area contributed by atoms with E-state index in [0.29, 0.717) is 11.4 Å². The number of nitrogens with zero attached hydrogens (tertiary/aromatic N) is 1. The molecule has 2 atom stereocenters. The molecule has 0 aliphatic carbocycles. The van der Waals surface area contributed by atoms with Gasteiger partial charge in [-0.25, -0.2) is 4.39 Å². The van der Waals surface area contributed by atoms with Crippen molar-refractivity contribution in [2.24, 2.45) is 0 Å². The molecule has 1 aliphatic heterocycles. The first-order valence-electron chi connectivity index (χ1n) is 9.18. The predicted octanol–water partition coefficient (Wildman–Crippen LogP) is 2.90. The fourth-order valence-electron chi connectivity index (χ4n) is 2.91. The highest BCUT2D eigenvalue weighted by Gasteiger charge is 2.31. The highest BCUT2D eigenvalue weighted by molar-refractivity contribution is 6.00. The topological polar surface area (TPSA) is 84.9 Å². The number of rotatable bonds is 6. The van der Waals surface area contributed by atoms with Gasteiger partial charge in [0.1, 0.15) is 11.6 Å². The minimum atomic E-state index is -1.07. The van der Waals surface area contributed by atoms with Crippen molar-refractivity contribution in [3.05, 3.63) is 54.3 Å². The molecule has 7 nitrogen and oxygen atoms in total. The van der Waals surface area contributed by atoms with E-state index in [1.165, 1.54) is 30.0 Å². The van der Waals surface area contributed by atoms with Crippen molar-refractivity contribution in [3.63, 3.8) is 0 Å². The Balaban J connectivity index is 1.55. The van der Waals surface area contributed by atoms with E-state index < -0.39 is 29.9 Å². The number of ether oxygens (including phenoxy) is 2. The molecular formula is C21H21FN2O5. The van der Waals surface area contributed by atoms with Crippen molar-refractivity contribution in [2.75, 3.05) is 16.8 Å². The standard InChI is InChI=1S/C21H21FN2O5/c1-13(20(26)23-16-7-5-6-15(22)12-16)29-19(25)10-11-24-17-8-3-4-9-18(17)28-14(2)21(24)27/h3-9,12-14H,10-11H2,1-2H3,(H,23,26). The molecule has 0 aromatic heterocycles. The molecule has 29 heavy (non-hydrogen) atoms. The smallest absolute Gasteiger partial charge is 0.308 e. The molecule has 8 heteroatoms. The van der Waals surface area contributed by atoms with Gasteiger partial charge in [0.25, 0.3) is 11.8 Å². The van der Waals surface area contributed by atoms with E-state index in [1.54, 1.807) is 31.2 Å². The molecule has 0 bridgehead atoms. The van der Waals surface area contributed by atoms with Crippen LogP contribution in [0.2, 0.25) is 0 Å². The van der Waals surface area contributed by atoms with Gasteiger partial charge >= 0.3 is 5.97 Å². The van der Waals surface area contributed by atoms with Crippen LogP contribution in [0.15, 0.2) is 48.5 Å². The van der Waals surface area contributed by atoms with Crippen LogP contribution in [0.5, 0.6) is 5.75 Å². The molecule has 1 N–H and O–H groups in total. The molecule has 0 spiro atoms. The number of fused-ring (bicyclic) bond motifs is 1. The van der Waals surface area contributed by atoms with Crippen LogP contribution in [-0.4, -0.2) is 36.5 Å². The molecule has 0 saturated carbocycles. The minimum absolute atomic E-state index is 0.0929. The first-order chi connectivity index (χ1) is 13.8. The summed E-state index contributed by atoms with van der Waals surface area (Å²) in [6.07, 6.45) is -1.82. The van der Waals surface area contributed by atoms with Gasteiger partial charge in [0.2, 0.25) is 0 Å². The number of esters is 1. The molecular weight excluding hydrogens is 379 g/mol. The van der Waals surface area contributed by atoms with E-state index in [4.69, 9.17) is 9.47 Å². The fraction of sp³-hybridized carbons (Fsp3) is 0.286. The summed E-state index contributed by atoms with van der Waals surface area (Å²) in [6.45, 7) is 3.16. The first-order valence-corrected chi connectivity index (χ1v) is 9.18. The molecule has 152 valence electrons. The number of halogens is 1. The van der Waals surface area contributed by atoms with E-state index in [1.807, 2.05) is 0 Å². The third-order valence-corrected chi connectivity index (χ3v) is 4.38. The largest absolute Gasteiger partial charge is 0.479 e. The average molecular weight is 400 g/mol. The summed E-state index contributed by atoms with van der Waals surface area (Å²) in [6, 6.07) is 12.5. The number of carbonyl (C=O) groups excluding carboxylic acids is 3. The second kappa shape index (κ2) is 8.72. The maximum Gasteiger partial charge on any atom is 0.308 e. The van der Waals surface area contributed by atoms with E-state index in [-0.39, 0.29) is 24.6 Å². The monoisotopic (exact) mass is 400 g/mol. The second-order valence-corrected chi connectivity index (χ2v) is 6.60. The molecule has 0 radical (unpaired) electrons. The van der Waals surface area contributed by atoms with Crippen LogP contribution in [-0.2, 0) is 19.1 Å². The van der Waals surface area contributed by atoms with Crippen molar-refractivity contribution in [2.45, 2.75) is 32.5 Å². The van der Waals surface area contributed by atoms with Crippen molar-refractivity contribution >= 4 is 29.2 Å². The Morgan fingerprint density at radius 1 is 1.24 bits per heavy atom. The molecule has 1 heterocycles. The molecule has 2 amide bonds. The normalized spacial score (nSPS) is 16.4. The van der Waals surface area contributed by atoms with Gasteiger partial charge in [0.15, 0.2) is 12.2 Å². The van der Waals surface area contributed by atoms with Crippen LogP contribution < -0.4 is 15.0 Å². The Labute approximate surface area is 167 Å². The fourth-order valence-corrected chi connectivity index (χ4v) is 2.91. The predicted molar refractivity (Wildman–Crippen MR) is 104 cm³/mol. The number of para-hydroxylation sites is 2. The lowest BCUT2D eigenvalue weighted by molar-refractivity contribution is -0.153. The van der Waals surface area contributed by atoms with Gasteiger partial charge in [-0.15, -0.1) is 0 Å². The summed E-state index contributed by atoms with van der Waals surface area (Å²) in [7, 11) is 0. The second-order valence-electron chi connectivity index (χ2n) is 6.60. The van der Waals surface area contributed by atoms with Crippen molar-refractivity contribution in [1.82, 2.24) is 0 Å². The Hall–Kier alpha value is -3.42. The number of benzene rings is 2. The van der Waals surface area contributed by atoms with Crippen LogP contribution >= 0.6 is 0 Å². The quantitative estimate of drug-likeness (QED) is 0.754. The van der Waals surface area contributed by atoms with Crippen molar-refractivity contribution in [3.8, 4) is 5.75 Å². The van der Waals surface area contributed by atoms with Crippen LogP contribution in [0.4, 0.5) is 15.8 Å². The highest BCUT2D eigenvalue weighted by atomic mass is 19.1. The lowest BCUT2D eigenvalue weighted by atomic mass is 10.2. The number of nitrogens with one attached hydrogen (secondary N) is 1. The van der Waals surface area contributed by atoms with Crippen LogP contribution in [0, 0.1) is 5.82 Å². The Morgan fingerprint density at radius 2 is 2.00 bits per heavy atom. The zero-order valence-corrected chi connectivity index (χ0v) is 16.1. The molecule has 2 aromatic carbocycles. The first kappa shape index (κ1) is 20.3. The van der Waals surface area contributed by atoms with Crippen LogP contribution in [0.3, 0.4) is 0 Å². The van der Waals surface area contributed by atoms with Crippen LogP contribution in [0.25, 0.3) is 0 Å². The maximum absolute atomic E-state index is 13.2. The molecule has 1 aliphatic rings. The number of hydrogen-bond donors (Lipinski definition) is 1. The van der Waals surface area contributed by atoms with E-state index in [9.17, 15) is 18.8 Å². The van der Waals surface area contributed by atoms with Gasteiger partial charge < -0.3 is 19.7 Å². The lowest BCUT2D eigenvalue weighted by Gasteiger charge is -2.32. The van der Waals surface area contributed by atoms with Gasteiger partial charge in [-0.1, -0.05) is 18.2 Å². The number of amides is 2. The average Bonchev–Trinajstić information content (AvgIpc) is 2.68. The Bertz CT molecular complexity index is 933. The van der Waals surface area contributed by atoms with E-state index in [0.717, 1.165) is 6.07 Å². The zero-order valence-electron chi connectivity index (χ0n) is 16.1. The summed E-state index contributed by atoms with van der Waals surface area (Å²) < 4.78 is 23.9. The third kappa shape index (κ3) is 4.90. The molecule has 2 unspecified atom stereocenters. The summed E-state index contributed by atoms with van der Waals surface area (Å²) in [5.41, 5.74) is 0.850. The summed E-state index contributed by atoms with van der Waals surface area (Å²) in [5, 5.41) is 2.48. The summed E-state index contributed by atoms with van der Waals surface area (Å²) in [5.74, 6) is -1.39. The molecule has 0 saturated heterocycles. The Kier molecular flexibility index (Phi) is 6.11. The SMILES string of the molecule is CC(OC(=O)CCN1C(=O)C(C)Oc2ccccc21)C(=O)Nc1cccc(F)c1. The van der Waals surface area contributed by atoms with Crippen molar-refractivity contribution in [1.29, 1.82) is 0 Å². The van der Waals surface area contributed by atoms with Crippen molar-refractivity contribution < 1.29 is 28.2 Å². The summed E-state index contributed by atoms with van der Waals surface area (Å²) in [4.78, 5) is 38.2. The van der Waals surface area contributed by atoms with Gasteiger partial charge in [-0.05, 0) is 44.2 Å². The number of anilines is 2. The van der Waals surface area contributed by atoms with E-state index >= 15 is 0 Å². The maximum atomic E-state index is 13.2. The van der Waals surface area contributed by atoms with Crippen LogP contribution in [0.1, 0.15) is 20.3 Å². The zero-order chi connectivity index (χ0) is 21.0. The van der Waals surface area contributed by atoms with Gasteiger partial charge in [-0.2, -0.15) is 0 Å². The highest BCUT2D eigenvalue weighted by Crippen LogP contribution is 2.33. The van der Waals surface area contributed by atoms with E-state index in [2.05, 4.69) is 5.32 Å². The van der Waals surface area contributed by atoms with Gasteiger partial charge in [0.05, 0.1) is 12.1 Å². The molecule has 3 rings (SSSR count). The Morgan fingerprint density at radius 3 is 2.76 bits per heavy atom. The molecule has 0 fully saturated rings. The number of hydrogen-bond acceptors (Lipinski definition) is 5. The minimum Gasteiger partial charge on any atom is -0.479 e. The van der Waals surface area contributed by atoms with Gasteiger partial charge in [0, 0.05) is 12.2 Å². The number of carbonyl (C=O) groups is 3. The lowest BCUT2D eigenvalue weighted by Crippen LogP contribution is -2.45. The molecule has 2 aromatic rings.